The molecule has 0 radical (unpaired) electrons. The first kappa shape index (κ1) is 14.5. The maximum Gasteiger partial charge on any atom is 0.335 e. The van der Waals surface area contributed by atoms with Gasteiger partial charge in [-0.2, -0.15) is 0 Å². The van der Waals surface area contributed by atoms with E-state index >= 15 is 0 Å². The number of hydrogen-bond donors (Lipinski definition) is 1. The van der Waals surface area contributed by atoms with Crippen LogP contribution in [0.25, 0.3) is 0 Å². The van der Waals surface area contributed by atoms with E-state index in [0.717, 1.165) is 25.7 Å². The van der Waals surface area contributed by atoms with E-state index in [1.807, 2.05) is 0 Å². The summed E-state index contributed by atoms with van der Waals surface area (Å²) in [7, 11) is 0. The maximum atomic E-state index is 11.6. The average molecular weight is 243 g/mol. The molecule has 2 atom stereocenters. The number of ether oxygens (including phenoxy) is 2. The highest BCUT2D eigenvalue weighted by atomic mass is 16.6. The van der Waals surface area contributed by atoms with Gasteiger partial charge >= 0.3 is 5.97 Å². The van der Waals surface area contributed by atoms with Crippen molar-refractivity contribution in [2.24, 2.45) is 5.73 Å². The molecule has 2 N–H and O–H groups in total. The first-order chi connectivity index (χ1) is 8.27. The second kappa shape index (κ2) is 8.48. The van der Waals surface area contributed by atoms with E-state index in [1.165, 1.54) is 19.3 Å². The summed E-state index contributed by atoms with van der Waals surface area (Å²) in [5.41, 5.74) is 5.49. The molecule has 17 heavy (non-hydrogen) atoms. The molecule has 1 rings (SSSR count). The van der Waals surface area contributed by atoms with Crippen LogP contribution in [0, 0.1) is 0 Å². The van der Waals surface area contributed by atoms with Crippen LogP contribution < -0.4 is 5.73 Å². The average Bonchev–Trinajstić information content (AvgIpc) is 2.82. The Balaban J connectivity index is 2.01. The van der Waals surface area contributed by atoms with Gasteiger partial charge in [-0.1, -0.05) is 32.6 Å². The third-order valence-electron chi connectivity index (χ3n) is 3.13. The summed E-state index contributed by atoms with van der Waals surface area (Å²) in [5, 5.41) is 0. The van der Waals surface area contributed by atoms with Crippen molar-refractivity contribution in [1.82, 2.24) is 0 Å². The van der Waals surface area contributed by atoms with Gasteiger partial charge in [0, 0.05) is 6.54 Å². The van der Waals surface area contributed by atoms with Crippen LogP contribution in [0.2, 0.25) is 0 Å². The molecule has 0 aromatic heterocycles. The first-order valence-electron chi connectivity index (χ1n) is 6.80. The molecule has 1 heterocycles. The van der Waals surface area contributed by atoms with Crippen molar-refractivity contribution < 1.29 is 14.3 Å². The number of carbonyl (C=O) groups is 1. The predicted molar refractivity (Wildman–Crippen MR) is 66.7 cm³/mol. The van der Waals surface area contributed by atoms with Gasteiger partial charge in [0.1, 0.15) is 0 Å². The van der Waals surface area contributed by atoms with Crippen LogP contribution in [0.3, 0.4) is 0 Å². The van der Waals surface area contributed by atoms with Gasteiger partial charge in [-0.3, -0.25) is 0 Å². The summed E-state index contributed by atoms with van der Waals surface area (Å²) < 4.78 is 10.7. The fourth-order valence-electron chi connectivity index (χ4n) is 2.02. The monoisotopic (exact) mass is 243 g/mol. The largest absolute Gasteiger partial charge is 0.464 e. The molecule has 4 heteroatoms. The molecule has 0 aromatic carbocycles. The van der Waals surface area contributed by atoms with Crippen molar-refractivity contribution in [2.75, 3.05) is 13.2 Å². The number of carbonyl (C=O) groups excluding carboxylic acids is 1. The molecule has 1 aliphatic heterocycles. The summed E-state index contributed by atoms with van der Waals surface area (Å²) in [6, 6.07) is 0. The van der Waals surface area contributed by atoms with E-state index in [1.54, 1.807) is 0 Å². The van der Waals surface area contributed by atoms with Gasteiger partial charge in [0.2, 0.25) is 0 Å². The molecule has 4 nitrogen and oxygen atoms in total. The lowest BCUT2D eigenvalue weighted by molar-refractivity contribution is -0.156. The third-order valence-corrected chi connectivity index (χ3v) is 3.13. The number of esters is 1. The lowest BCUT2D eigenvalue weighted by Crippen LogP contribution is -2.26. The van der Waals surface area contributed by atoms with Gasteiger partial charge in [0.25, 0.3) is 0 Å². The molecule has 1 saturated heterocycles. The number of unbranched alkanes of at least 4 members (excludes halogenated alkanes) is 4. The van der Waals surface area contributed by atoms with Crippen LogP contribution in [0.5, 0.6) is 0 Å². The Hall–Kier alpha value is -0.610. The minimum absolute atomic E-state index is 0.0390. The highest BCUT2D eigenvalue weighted by Gasteiger charge is 2.30. The minimum Gasteiger partial charge on any atom is -0.464 e. The molecule has 0 aromatic rings. The number of rotatable bonds is 8. The smallest absolute Gasteiger partial charge is 0.335 e. The Morgan fingerprint density at radius 2 is 2.06 bits per heavy atom. The predicted octanol–water partition coefficient (Wildman–Crippen LogP) is 2.01. The zero-order valence-electron chi connectivity index (χ0n) is 10.8. The Bertz CT molecular complexity index is 221. The van der Waals surface area contributed by atoms with Gasteiger partial charge in [0.05, 0.1) is 12.7 Å². The van der Waals surface area contributed by atoms with Crippen molar-refractivity contribution in [3.63, 3.8) is 0 Å². The fourth-order valence-corrected chi connectivity index (χ4v) is 2.02. The summed E-state index contributed by atoms with van der Waals surface area (Å²) in [6.45, 7) is 3.20. The minimum atomic E-state index is -0.376. The molecule has 2 unspecified atom stereocenters. The molecule has 0 bridgehead atoms. The molecule has 0 spiro atoms. The summed E-state index contributed by atoms with van der Waals surface area (Å²) in [4.78, 5) is 11.6. The number of hydrogen-bond acceptors (Lipinski definition) is 4. The Labute approximate surface area is 104 Å². The van der Waals surface area contributed by atoms with Gasteiger partial charge in [-0.15, -0.1) is 0 Å². The van der Waals surface area contributed by atoms with Gasteiger partial charge in [-0.25, -0.2) is 4.79 Å². The van der Waals surface area contributed by atoms with Gasteiger partial charge in [-0.05, 0) is 19.3 Å². The molecule has 1 fully saturated rings. The lowest BCUT2D eigenvalue weighted by atomic mass is 10.2. The zero-order valence-corrected chi connectivity index (χ0v) is 10.8. The van der Waals surface area contributed by atoms with Crippen LogP contribution in [0.1, 0.15) is 51.9 Å². The topological polar surface area (TPSA) is 61.5 Å². The Kier molecular flexibility index (Phi) is 7.21. The third kappa shape index (κ3) is 5.50. The second-order valence-electron chi connectivity index (χ2n) is 4.64. The number of nitrogens with two attached hydrogens (primary N) is 1. The Morgan fingerprint density at radius 3 is 2.71 bits per heavy atom. The molecular weight excluding hydrogens is 218 g/mol. The standard InChI is InChI=1S/C13H25NO3/c1-2-3-4-5-6-9-16-13(15)12-8-7-11(10-14)17-12/h11-12H,2-10,14H2,1H3. The Morgan fingerprint density at radius 1 is 1.29 bits per heavy atom. The molecular formula is C13H25NO3. The molecule has 0 saturated carbocycles. The van der Waals surface area contributed by atoms with Crippen molar-refractivity contribution in [3.8, 4) is 0 Å². The normalized spacial score (nSPS) is 23.9. The zero-order chi connectivity index (χ0) is 12.5. The quantitative estimate of drug-likeness (QED) is 0.523. The van der Waals surface area contributed by atoms with E-state index in [-0.39, 0.29) is 18.2 Å². The SMILES string of the molecule is CCCCCCCOC(=O)C1CCC(CN)O1. The second-order valence-corrected chi connectivity index (χ2v) is 4.64. The molecule has 0 amide bonds. The summed E-state index contributed by atoms with van der Waals surface area (Å²) in [5.74, 6) is -0.212. The highest BCUT2D eigenvalue weighted by Crippen LogP contribution is 2.19. The molecule has 100 valence electrons. The lowest BCUT2D eigenvalue weighted by Gasteiger charge is -2.11. The van der Waals surface area contributed by atoms with Crippen molar-refractivity contribution in [2.45, 2.75) is 64.1 Å². The van der Waals surface area contributed by atoms with Crippen LogP contribution in [-0.4, -0.2) is 31.3 Å². The molecule has 1 aliphatic rings. The van der Waals surface area contributed by atoms with E-state index in [2.05, 4.69) is 6.92 Å². The van der Waals surface area contributed by atoms with E-state index in [4.69, 9.17) is 15.2 Å². The maximum absolute atomic E-state index is 11.6. The van der Waals surface area contributed by atoms with Gasteiger partial charge in [0.15, 0.2) is 6.10 Å². The van der Waals surface area contributed by atoms with Crippen LogP contribution >= 0.6 is 0 Å². The first-order valence-corrected chi connectivity index (χ1v) is 6.80. The molecule has 0 aliphatic carbocycles. The van der Waals surface area contributed by atoms with Gasteiger partial charge < -0.3 is 15.2 Å². The van der Waals surface area contributed by atoms with E-state index in [0.29, 0.717) is 13.2 Å². The summed E-state index contributed by atoms with van der Waals surface area (Å²) >= 11 is 0. The highest BCUT2D eigenvalue weighted by molar-refractivity contribution is 5.74. The van der Waals surface area contributed by atoms with Crippen molar-refractivity contribution in [1.29, 1.82) is 0 Å². The summed E-state index contributed by atoms with van der Waals surface area (Å²) in [6.07, 6.45) is 7.09. The van der Waals surface area contributed by atoms with E-state index in [9.17, 15) is 4.79 Å². The van der Waals surface area contributed by atoms with Crippen LogP contribution in [0.15, 0.2) is 0 Å². The van der Waals surface area contributed by atoms with Crippen LogP contribution in [0.4, 0.5) is 0 Å². The fraction of sp³-hybridized carbons (Fsp3) is 0.923. The van der Waals surface area contributed by atoms with Crippen LogP contribution in [-0.2, 0) is 14.3 Å². The van der Waals surface area contributed by atoms with Crippen molar-refractivity contribution >= 4 is 5.97 Å². The van der Waals surface area contributed by atoms with Crippen molar-refractivity contribution in [3.05, 3.63) is 0 Å². The van der Waals surface area contributed by atoms with E-state index < -0.39 is 0 Å².